The van der Waals surface area contributed by atoms with Crippen LogP contribution in [0.25, 0.3) is 11.5 Å². The third-order valence-corrected chi connectivity index (χ3v) is 6.92. The predicted octanol–water partition coefficient (Wildman–Crippen LogP) is 2.76. The van der Waals surface area contributed by atoms with Crippen molar-refractivity contribution in [3.63, 3.8) is 0 Å². The van der Waals surface area contributed by atoms with Crippen molar-refractivity contribution in [2.75, 3.05) is 31.1 Å². The number of hydrogen-bond donors (Lipinski definition) is 0. The molecule has 5 heterocycles. The zero-order chi connectivity index (χ0) is 23.1. The zero-order valence-corrected chi connectivity index (χ0v) is 19.5. The van der Waals surface area contributed by atoms with Gasteiger partial charge in [0.15, 0.2) is 17.5 Å². The van der Waals surface area contributed by atoms with E-state index >= 15 is 0 Å². The molecule has 1 atom stereocenters. The SMILES string of the molecule is Cc1csc(C2CC=NN2C(=O)N2CCN(c3nc(-c4c(C)cnn4C)ncc3F)CC2)n1. The monoisotopic (exact) mass is 469 g/mol. The van der Waals surface area contributed by atoms with E-state index in [1.807, 2.05) is 24.1 Å². The van der Waals surface area contributed by atoms with Gasteiger partial charge >= 0.3 is 6.03 Å². The van der Waals surface area contributed by atoms with Crippen molar-refractivity contribution in [1.82, 2.24) is 34.6 Å². The molecule has 10 nitrogen and oxygen atoms in total. The fourth-order valence-electron chi connectivity index (χ4n) is 4.15. The molecular weight excluding hydrogens is 445 g/mol. The predicted molar refractivity (Wildman–Crippen MR) is 123 cm³/mol. The van der Waals surface area contributed by atoms with Crippen LogP contribution in [0.3, 0.4) is 0 Å². The van der Waals surface area contributed by atoms with E-state index in [9.17, 15) is 9.18 Å². The first-order valence-electron chi connectivity index (χ1n) is 10.7. The maximum atomic E-state index is 14.6. The minimum atomic E-state index is -0.485. The molecule has 5 rings (SSSR count). The molecule has 0 aromatic carbocycles. The van der Waals surface area contributed by atoms with Crippen molar-refractivity contribution in [3.05, 3.63) is 39.9 Å². The van der Waals surface area contributed by atoms with Crippen LogP contribution in [-0.4, -0.2) is 73.1 Å². The smallest absolute Gasteiger partial charge is 0.341 e. The average Bonchev–Trinajstić information content (AvgIpc) is 3.54. The number of carbonyl (C=O) groups excluding carboxylic acids is 1. The van der Waals surface area contributed by atoms with Gasteiger partial charge in [0, 0.05) is 56.9 Å². The van der Waals surface area contributed by atoms with E-state index < -0.39 is 5.82 Å². The van der Waals surface area contributed by atoms with E-state index in [0.29, 0.717) is 38.4 Å². The Bertz CT molecular complexity index is 1190. The van der Waals surface area contributed by atoms with Crippen molar-refractivity contribution in [2.45, 2.75) is 26.3 Å². The molecule has 172 valence electrons. The fourth-order valence-corrected chi connectivity index (χ4v) is 5.04. The number of piperazine rings is 1. The third kappa shape index (κ3) is 3.94. The van der Waals surface area contributed by atoms with E-state index in [-0.39, 0.29) is 17.9 Å². The molecule has 3 aromatic heterocycles. The number of thiazole rings is 1. The van der Waals surface area contributed by atoms with E-state index in [0.717, 1.165) is 22.0 Å². The topological polar surface area (TPSA) is 95.6 Å². The number of halogens is 1. The Labute approximate surface area is 194 Å². The lowest BCUT2D eigenvalue weighted by molar-refractivity contribution is 0.139. The summed E-state index contributed by atoms with van der Waals surface area (Å²) in [7, 11) is 1.81. The summed E-state index contributed by atoms with van der Waals surface area (Å²) >= 11 is 1.54. The quantitative estimate of drug-likeness (QED) is 0.585. The number of urea groups is 1. The van der Waals surface area contributed by atoms with E-state index in [1.165, 1.54) is 11.2 Å². The Balaban J connectivity index is 1.29. The van der Waals surface area contributed by atoms with Crippen LogP contribution in [0, 0.1) is 19.7 Å². The normalized spacial score (nSPS) is 18.4. The molecule has 1 saturated heterocycles. The van der Waals surface area contributed by atoms with Gasteiger partial charge in [-0.2, -0.15) is 10.2 Å². The van der Waals surface area contributed by atoms with Crippen LogP contribution in [0.5, 0.6) is 0 Å². The number of carbonyl (C=O) groups is 1. The first kappa shape index (κ1) is 21.4. The molecule has 3 aromatic rings. The van der Waals surface area contributed by atoms with Gasteiger partial charge < -0.3 is 9.80 Å². The lowest BCUT2D eigenvalue weighted by atomic mass is 10.2. The maximum Gasteiger partial charge on any atom is 0.341 e. The van der Waals surface area contributed by atoms with Crippen molar-refractivity contribution >= 4 is 29.4 Å². The summed E-state index contributed by atoms with van der Waals surface area (Å²) in [6.45, 7) is 5.66. The van der Waals surface area contributed by atoms with Crippen molar-refractivity contribution < 1.29 is 9.18 Å². The van der Waals surface area contributed by atoms with Crippen LogP contribution in [0.2, 0.25) is 0 Å². The molecular formula is C21H24FN9OS. The van der Waals surface area contributed by atoms with Gasteiger partial charge in [-0.1, -0.05) is 0 Å². The molecule has 1 unspecified atom stereocenters. The number of anilines is 1. The number of nitrogens with zero attached hydrogens (tertiary/aromatic N) is 9. The van der Waals surface area contributed by atoms with Gasteiger partial charge in [0.05, 0.1) is 12.4 Å². The van der Waals surface area contributed by atoms with Gasteiger partial charge in [-0.15, -0.1) is 11.3 Å². The Kier molecular flexibility index (Phi) is 5.52. The van der Waals surface area contributed by atoms with Gasteiger partial charge in [0.2, 0.25) is 0 Å². The highest BCUT2D eigenvalue weighted by Gasteiger charge is 2.35. The molecule has 12 heteroatoms. The van der Waals surface area contributed by atoms with Crippen LogP contribution in [0.1, 0.15) is 28.7 Å². The van der Waals surface area contributed by atoms with Crippen LogP contribution in [0.4, 0.5) is 15.0 Å². The second-order valence-corrected chi connectivity index (χ2v) is 9.03. The summed E-state index contributed by atoms with van der Waals surface area (Å²) in [5, 5.41) is 12.9. The van der Waals surface area contributed by atoms with Crippen LogP contribution in [-0.2, 0) is 7.05 Å². The Morgan fingerprint density at radius 3 is 2.61 bits per heavy atom. The molecule has 2 amide bonds. The molecule has 0 radical (unpaired) electrons. The maximum absolute atomic E-state index is 14.6. The highest BCUT2D eigenvalue weighted by Crippen LogP contribution is 2.32. The third-order valence-electron chi connectivity index (χ3n) is 5.86. The lowest BCUT2D eigenvalue weighted by Crippen LogP contribution is -2.52. The minimum absolute atomic E-state index is 0.157. The van der Waals surface area contributed by atoms with Crippen molar-refractivity contribution in [3.8, 4) is 11.5 Å². The van der Waals surface area contributed by atoms with Crippen molar-refractivity contribution in [1.29, 1.82) is 0 Å². The summed E-state index contributed by atoms with van der Waals surface area (Å²) in [5.41, 5.74) is 2.61. The number of aryl methyl sites for hydroxylation is 3. The van der Waals surface area contributed by atoms with E-state index in [1.54, 1.807) is 40.4 Å². The molecule has 2 aliphatic rings. The first-order chi connectivity index (χ1) is 15.9. The number of aromatic nitrogens is 5. The summed E-state index contributed by atoms with van der Waals surface area (Å²) in [4.78, 5) is 30.0. The van der Waals surface area contributed by atoms with E-state index in [2.05, 4.69) is 25.2 Å². The van der Waals surface area contributed by atoms with Crippen LogP contribution in [0.15, 0.2) is 22.9 Å². The van der Waals surface area contributed by atoms with Gasteiger partial charge in [-0.05, 0) is 19.4 Å². The Morgan fingerprint density at radius 1 is 1.15 bits per heavy atom. The average molecular weight is 470 g/mol. The summed E-state index contributed by atoms with van der Waals surface area (Å²) in [5.74, 6) is 0.181. The fraction of sp³-hybridized carbons (Fsp3) is 0.429. The van der Waals surface area contributed by atoms with Gasteiger partial charge in [-0.3, -0.25) is 4.68 Å². The molecule has 0 N–H and O–H groups in total. The molecule has 0 aliphatic carbocycles. The largest absolute Gasteiger partial charge is 0.351 e. The summed E-state index contributed by atoms with van der Waals surface area (Å²) < 4.78 is 16.3. The molecule has 0 spiro atoms. The zero-order valence-electron chi connectivity index (χ0n) is 18.6. The van der Waals surface area contributed by atoms with Crippen LogP contribution >= 0.6 is 11.3 Å². The number of rotatable bonds is 3. The number of hydrogen-bond acceptors (Lipinski definition) is 8. The van der Waals surface area contributed by atoms with E-state index in [4.69, 9.17) is 0 Å². The lowest BCUT2D eigenvalue weighted by Gasteiger charge is -2.37. The first-order valence-corrected chi connectivity index (χ1v) is 11.6. The summed E-state index contributed by atoms with van der Waals surface area (Å²) in [6.07, 6.45) is 5.34. The molecule has 1 fully saturated rings. The standard InChI is InChI=1S/C21H24FN9OS/c1-13-10-25-28(3)17(13)18-23-11-15(22)19(27-18)29-6-8-30(9-7-29)21(32)31-16(4-5-24-31)20-26-14(2)12-33-20/h5,10-12,16H,4,6-9H2,1-3H3. The molecule has 2 aliphatic heterocycles. The molecule has 0 bridgehead atoms. The van der Waals surface area contributed by atoms with Gasteiger partial charge in [-0.25, -0.2) is 29.1 Å². The Morgan fingerprint density at radius 2 is 1.94 bits per heavy atom. The highest BCUT2D eigenvalue weighted by molar-refractivity contribution is 7.09. The molecule has 0 saturated carbocycles. The second kappa shape index (κ2) is 8.50. The summed E-state index contributed by atoms with van der Waals surface area (Å²) in [6, 6.07) is -0.325. The van der Waals surface area contributed by atoms with Crippen molar-refractivity contribution in [2.24, 2.45) is 12.1 Å². The number of amides is 2. The highest BCUT2D eigenvalue weighted by atomic mass is 32.1. The number of hydrazone groups is 1. The van der Waals surface area contributed by atoms with Gasteiger partial charge in [0.1, 0.15) is 16.7 Å². The van der Waals surface area contributed by atoms with Gasteiger partial charge in [0.25, 0.3) is 0 Å². The minimum Gasteiger partial charge on any atom is -0.351 e. The molecule has 33 heavy (non-hydrogen) atoms. The second-order valence-electron chi connectivity index (χ2n) is 8.14. The Hall–Kier alpha value is -3.41. The van der Waals surface area contributed by atoms with Crippen LogP contribution < -0.4 is 4.90 Å².